The zero-order chi connectivity index (χ0) is 31.3. The van der Waals surface area contributed by atoms with Crippen LogP contribution in [0.5, 0.6) is 0 Å². The number of nitrogens with zero attached hydrogens (tertiary/aromatic N) is 3. The van der Waals surface area contributed by atoms with Crippen molar-refractivity contribution in [1.29, 1.82) is 0 Å². The molecule has 1 aliphatic rings. The number of hydrogen-bond donors (Lipinski definition) is 0. The molecule has 0 radical (unpaired) electrons. The topological polar surface area (TPSA) is 43.9 Å². The zero-order valence-electron chi connectivity index (χ0n) is 26.0. The molecule has 222 valence electrons. The summed E-state index contributed by atoms with van der Waals surface area (Å²) >= 11 is 0. The van der Waals surface area contributed by atoms with E-state index in [1.807, 2.05) is 18.2 Å². The first-order valence-electron chi connectivity index (χ1n) is 16.1. The molecule has 10 rings (SSSR count). The van der Waals surface area contributed by atoms with Gasteiger partial charge in [-0.2, -0.15) is 0 Å². The van der Waals surface area contributed by atoms with Crippen LogP contribution in [-0.2, 0) is 5.41 Å². The van der Waals surface area contributed by atoms with E-state index >= 15 is 0 Å². The SMILES string of the molecule is CC1(C)c2cc(-c3nc(-c4cccc(-c5ccccc5)c4)nc4ccccc34)ccc2-n2c3c1cccc3c1oc3ccccc3c12. The Morgan fingerprint density at radius 3 is 2.15 bits per heavy atom. The molecule has 0 fully saturated rings. The Labute approximate surface area is 271 Å². The Morgan fingerprint density at radius 2 is 1.26 bits per heavy atom. The van der Waals surface area contributed by atoms with Crippen molar-refractivity contribution in [1.82, 2.24) is 14.5 Å². The van der Waals surface area contributed by atoms with Gasteiger partial charge >= 0.3 is 0 Å². The molecule has 0 atom stereocenters. The molecule has 0 amide bonds. The van der Waals surface area contributed by atoms with Crippen molar-refractivity contribution in [3.8, 4) is 39.5 Å². The first kappa shape index (κ1) is 26.2. The van der Waals surface area contributed by atoms with Crippen LogP contribution in [0.25, 0.3) is 83.3 Å². The smallest absolute Gasteiger partial charge is 0.161 e. The summed E-state index contributed by atoms with van der Waals surface area (Å²) < 4.78 is 8.93. The van der Waals surface area contributed by atoms with Crippen molar-refractivity contribution in [3.05, 3.63) is 151 Å². The summed E-state index contributed by atoms with van der Waals surface area (Å²) in [7, 11) is 0. The van der Waals surface area contributed by atoms with E-state index in [9.17, 15) is 0 Å². The van der Waals surface area contributed by atoms with Gasteiger partial charge in [-0.3, -0.25) is 0 Å². The number of furan rings is 1. The van der Waals surface area contributed by atoms with Crippen LogP contribution in [0.15, 0.2) is 144 Å². The average Bonchev–Trinajstić information content (AvgIpc) is 3.66. The summed E-state index contributed by atoms with van der Waals surface area (Å²) in [6, 6.07) is 49.1. The fraction of sp³-hybridized carbons (Fsp3) is 0.0698. The summed E-state index contributed by atoms with van der Waals surface area (Å²) in [5, 5.41) is 3.32. The zero-order valence-corrected chi connectivity index (χ0v) is 26.0. The quantitative estimate of drug-likeness (QED) is 0.202. The van der Waals surface area contributed by atoms with E-state index in [0.29, 0.717) is 0 Å². The first-order chi connectivity index (χ1) is 23.1. The number of hydrogen-bond acceptors (Lipinski definition) is 3. The summed E-state index contributed by atoms with van der Waals surface area (Å²) in [5.41, 5.74) is 13.9. The molecule has 6 aromatic carbocycles. The summed E-state index contributed by atoms with van der Waals surface area (Å²) in [5.74, 6) is 0.720. The van der Waals surface area contributed by atoms with Crippen LogP contribution in [0.1, 0.15) is 25.0 Å². The van der Waals surface area contributed by atoms with Crippen LogP contribution in [0.3, 0.4) is 0 Å². The molecule has 3 aromatic heterocycles. The van der Waals surface area contributed by atoms with Gasteiger partial charge < -0.3 is 8.98 Å². The van der Waals surface area contributed by atoms with Gasteiger partial charge in [0.2, 0.25) is 0 Å². The fourth-order valence-electron chi connectivity index (χ4n) is 7.68. The lowest BCUT2D eigenvalue weighted by Crippen LogP contribution is -2.26. The fourth-order valence-corrected chi connectivity index (χ4v) is 7.68. The van der Waals surface area contributed by atoms with Gasteiger partial charge in [0.25, 0.3) is 0 Å². The molecular formula is C43H29N3O. The van der Waals surface area contributed by atoms with E-state index in [1.54, 1.807) is 0 Å². The second-order valence-electron chi connectivity index (χ2n) is 13.0. The molecule has 0 aliphatic carbocycles. The Kier molecular flexibility index (Phi) is 5.31. The summed E-state index contributed by atoms with van der Waals surface area (Å²) in [6.45, 7) is 4.67. The maximum Gasteiger partial charge on any atom is 0.161 e. The molecule has 4 nitrogen and oxygen atoms in total. The van der Waals surface area contributed by atoms with Crippen LogP contribution >= 0.6 is 0 Å². The van der Waals surface area contributed by atoms with E-state index in [0.717, 1.165) is 66.6 Å². The molecule has 1 aliphatic heterocycles. The van der Waals surface area contributed by atoms with Crippen molar-refractivity contribution in [3.63, 3.8) is 0 Å². The predicted molar refractivity (Wildman–Crippen MR) is 192 cm³/mol. The van der Waals surface area contributed by atoms with Gasteiger partial charge in [0.1, 0.15) is 11.1 Å². The number of aromatic nitrogens is 3. The molecule has 0 unspecified atom stereocenters. The summed E-state index contributed by atoms with van der Waals surface area (Å²) in [4.78, 5) is 10.4. The Morgan fingerprint density at radius 1 is 0.532 bits per heavy atom. The average molecular weight is 604 g/mol. The van der Waals surface area contributed by atoms with Gasteiger partial charge in [-0.25, -0.2) is 9.97 Å². The van der Waals surface area contributed by atoms with Crippen LogP contribution in [-0.4, -0.2) is 14.5 Å². The monoisotopic (exact) mass is 603 g/mol. The second-order valence-corrected chi connectivity index (χ2v) is 13.0. The Hall–Kier alpha value is -6.00. The lowest BCUT2D eigenvalue weighted by molar-refractivity contribution is 0.630. The maximum atomic E-state index is 6.51. The van der Waals surface area contributed by atoms with Gasteiger partial charge in [0, 0.05) is 32.7 Å². The highest BCUT2D eigenvalue weighted by Crippen LogP contribution is 2.50. The number of rotatable bonds is 3. The van der Waals surface area contributed by atoms with Crippen LogP contribution in [0, 0.1) is 0 Å². The van der Waals surface area contributed by atoms with Crippen molar-refractivity contribution in [2.75, 3.05) is 0 Å². The first-order valence-corrected chi connectivity index (χ1v) is 16.1. The van der Waals surface area contributed by atoms with Crippen molar-refractivity contribution in [2.45, 2.75) is 19.3 Å². The van der Waals surface area contributed by atoms with Crippen molar-refractivity contribution >= 4 is 43.9 Å². The molecule has 0 saturated heterocycles. The highest BCUT2D eigenvalue weighted by Gasteiger charge is 2.36. The highest BCUT2D eigenvalue weighted by molar-refractivity contribution is 6.18. The standard InChI is InChI=1S/C43H29N3O/c1-43(2)33-19-11-18-32-39(33)46(40-31-17-7-9-21-37(31)47-41(32)40)36-23-22-28(25-34(36)43)38-30-16-6-8-20-35(30)44-42(45-38)29-15-10-14-27(24-29)26-12-4-3-5-13-26/h3-25H,1-2H3. The van der Waals surface area contributed by atoms with E-state index in [4.69, 9.17) is 14.4 Å². The number of para-hydroxylation sites is 3. The third-order valence-electron chi connectivity index (χ3n) is 9.99. The largest absolute Gasteiger partial charge is 0.454 e. The third-order valence-corrected chi connectivity index (χ3v) is 9.99. The molecule has 0 saturated carbocycles. The molecular weight excluding hydrogens is 574 g/mol. The molecule has 47 heavy (non-hydrogen) atoms. The van der Waals surface area contributed by atoms with E-state index in [-0.39, 0.29) is 5.41 Å². The van der Waals surface area contributed by atoms with Crippen molar-refractivity contribution < 1.29 is 4.42 Å². The predicted octanol–water partition coefficient (Wildman–Crippen LogP) is 11.1. The maximum absolute atomic E-state index is 6.51. The minimum Gasteiger partial charge on any atom is -0.454 e. The molecule has 0 spiro atoms. The molecule has 0 bridgehead atoms. The van der Waals surface area contributed by atoms with Crippen molar-refractivity contribution in [2.24, 2.45) is 0 Å². The van der Waals surface area contributed by atoms with Gasteiger partial charge in [0.05, 0.1) is 22.4 Å². The van der Waals surface area contributed by atoms with Crippen LogP contribution in [0.4, 0.5) is 0 Å². The minimum absolute atomic E-state index is 0.248. The number of fused-ring (bicyclic) bond motifs is 8. The lowest BCUT2D eigenvalue weighted by atomic mass is 9.74. The highest BCUT2D eigenvalue weighted by atomic mass is 16.3. The third kappa shape index (κ3) is 3.70. The van der Waals surface area contributed by atoms with Crippen LogP contribution in [0.2, 0.25) is 0 Å². The van der Waals surface area contributed by atoms with E-state index in [2.05, 4.69) is 140 Å². The Balaban J connectivity index is 1.21. The molecule has 4 heterocycles. The second kappa shape index (κ2) is 9.51. The molecule has 9 aromatic rings. The van der Waals surface area contributed by atoms with Crippen LogP contribution < -0.4 is 0 Å². The van der Waals surface area contributed by atoms with Gasteiger partial charge in [-0.15, -0.1) is 0 Å². The molecule has 0 N–H and O–H groups in total. The van der Waals surface area contributed by atoms with Gasteiger partial charge in [-0.05, 0) is 64.7 Å². The minimum atomic E-state index is -0.248. The lowest BCUT2D eigenvalue weighted by Gasteiger charge is -2.35. The summed E-state index contributed by atoms with van der Waals surface area (Å²) in [6.07, 6.45) is 0. The number of benzene rings is 6. The van der Waals surface area contributed by atoms with Gasteiger partial charge in [-0.1, -0.05) is 111 Å². The van der Waals surface area contributed by atoms with E-state index < -0.39 is 0 Å². The Bertz CT molecular complexity index is 2710. The van der Waals surface area contributed by atoms with Gasteiger partial charge in [0.15, 0.2) is 11.4 Å². The normalized spacial score (nSPS) is 13.5. The molecule has 4 heteroatoms. The van der Waals surface area contributed by atoms with E-state index in [1.165, 1.54) is 27.9 Å².